The number of unbranched alkanes of at least 4 members (excludes halogenated alkanes) is 39. The van der Waals surface area contributed by atoms with Gasteiger partial charge in [-0.2, -0.15) is 0 Å². The third kappa shape index (κ3) is 64.9. The SMILES string of the molecule is CCCCCC/C=C\C=C/CCCCCCCC(=O)O[C@H](COC(=O)CCCCCCCCCCCCC(C)CC)COP(=O)(O)OC[C@@H](O)COP(=O)(O)OC[C@@H](COC(=O)CCCCCCCCCCC)OC(=O)CCCCCCCCCCCCCCCC. The standard InChI is InChI=1S/C73H138O17P2/c1-6-10-13-16-19-22-24-26-28-30-32-39-44-49-54-59-73(78)90-69(63-84-71(76)57-52-47-42-37-34-33-36-40-45-50-55-66(5)9-4)65-88-92(81,82)86-61-67(74)60-85-91(79,80)87-64-68(62-83-70(75)56-51-46-41-35-21-18-15-12-8-3)89-72(77)58-53-48-43-38-31-29-27-25-23-20-17-14-11-7-2/h22,24,26,28,66-69,74H,6-21,23,25,27,29-65H2,1-5H3,(H,79,80)(H,81,82)/b24-22-,28-26-/t66?,67-,68+,69+/m0/s1. The molecule has 17 nitrogen and oxygen atoms in total. The molecule has 0 aliphatic carbocycles. The van der Waals surface area contributed by atoms with Crippen LogP contribution in [-0.4, -0.2) is 96.7 Å². The van der Waals surface area contributed by atoms with Gasteiger partial charge in [-0.05, 0) is 57.3 Å². The van der Waals surface area contributed by atoms with Crippen LogP contribution in [0.25, 0.3) is 0 Å². The molecule has 0 aromatic carbocycles. The second kappa shape index (κ2) is 65.8. The minimum absolute atomic E-state index is 0.0851. The monoisotopic (exact) mass is 1350 g/mol. The van der Waals surface area contributed by atoms with Crippen LogP contribution in [0, 0.1) is 5.92 Å². The summed E-state index contributed by atoms with van der Waals surface area (Å²) in [6, 6.07) is 0. The Balaban J connectivity index is 5.28. The van der Waals surface area contributed by atoms with Crippen LogP contribution in [0.2, 0.25) is 0 Å². The smallest absolute Gasteiger partial charge is 0.462 e. The first-order chi connectivity index (χ1) is 44.6. The second-order valence-corrected chi connectivity index (χ2v) is 28.8. The Hall–Kier alpha value is -2.46. The Morgan fingerprint density at radius 3 is 0.924 bits per heavy atom. The lowest BCUT2D eigenvalue weighted by Gasteiger charge is -2.21. The van der Waals surface area contributed by atoms with Crippen molar-refractivity contribution < 1.29 is 80.2 Å². The van der Waals surface area contributed by atoms with Crippen LogP contribution in [-0.2, 0) is 65.4 Å². The summed E-state index contributed by atoms with van der Waals surface area (Å²) in [5.41, 5.74) is 0. The minimum Gasteiger partial charge on any atom is -0.462 e. The van der Waals surface area contributed by atoms with Gasteiger partial charge in [0.1, 0.15) is 19.3 Å². The van der Waals surface area contributed by atoms with Gasteiger partial charge in [-0.3, -0.25) is 37.3 Å². The molecule has 0 aromatic rings. The summed E-state index contributed by atoms with van der Waals surface area (Å²) in [5.74, 6) is -1.34. The fourth-order valence-corrected chi connectivity index (χ4v) is 12.2. The van der Waals surface area contributed by atoms with Crippen LogP contribution in [0.5, 0.6) is 0 Å². The summed E-state index contributed by atoms with van der Waals surface area (Å²) < 4.78 is 68.3. The number of esters is 4. The van der Waals surface area contributed by atoms with Crippen molar-refractivity contribution in [2.75, 3.05) is 39.6 Å². The van der Waals surface area contributed by atoms with Crippen molar-refractivity contribution in [1.29, 1.82) is 0 Å². The minimum atomic E-state index is -4.96. The molecule has 0 fully saturated rings. The van der Waals surface area contributed by atoms with E-state index in [4.69, 9.17) is 37.0 Å². The van der Waals surface area contributed by atoms with Gasteiger partial charge in [0.2, 0.25) is 0 Å². The van der Waals surface area contributed by atoms with Gasteiger partial charge in [-0.15, -0.1) is 0 Å². The number of aliphatic hydroxyl groups is 1. The molecule has 0 saturated heterocycles. The highest BCUT2D eigenvalue weighted by Gasteiger charge is 2.30. The summed E-state index contributed by atoms with van der Waals surface area (Å²) in [4.78, 5) is 72.6. The maximum absolute atomic E-state index is 13.0. The molecule has 6 atom stereocenters. The van der Waals surface area contributed by atoms with Gasteiger partial charge in [0, 0.05) is 25.7 Å². The van der Waals surface area contributed by atoms with Gasteiger partial charge in [0.15, 0.2) is 12.2 Å². The van der Waals surface area contributed by atoms with Gasteiger partial charge in [0.25, 0.3) is 0 Å². The highest BCUT2D eigenvalue weighted by Crippen LogP contribution is 2.45. The summed E-state index contributed by atoms with van der Waals surface area (Å²) in [6.07, 6.45) is 56.1. The average Bonchev–Trinajstić information content (AvgIpc) is 3.29. The lowest BCUT2D eigenvalue weighted by atomic mass is 9.99. The van der Waals surface area contributed by atoms with Crippen LogP contribution < -0.4 is 0 Å². The number of allylic oxidation sites excluding steroid dienone is 4. The fraction of sp³-hybridized carbons (Fsp3) is 0.890. The molecule has 0 bridgehead atoms. The number of phosphoric acid groups is 2. The van der Waals surface area contributed by atoms with Gasteiger partial charge in [-0.25, -0.2) is 9.13 Å². The van der Waals surface area contributed by atoms with Crippen LogP contribution >= 0.6 is 15.6 Å². The number of rotatable bonds is 71. The maximum Gasteiger partial charge on any atom is 0.472 e. The number of hydrogen-bond donors (Lipinski definition) is 3. The number of aliphatic hydroxyl groups excluding tert-OH is 1. The number of ether oxygens (including phenoxy) is 4. The molecule has 0 aliphatic heterocycles. The zero-order valence-electron chi connectivity index (χ0n) is 59.2. The van der Waals surface area contributed by atoms with E-state index in [9.17, 15) is 43.2 Å². The van der Waals surface area contributed by atoms with Crippen LogP contribution in [0.1, 0.15) is 356 Å². The van der Waals surface area contributed by atoms with E-state index in [0.29, 0.717) is 25.7 Å². The van der Waals surface area contributed by atoms with Crippen molar-refractivity contribution in [3.05, 3.63) is 24.3 Å². The molecular formula is C73H138O17P2. The van der Waals surface area contributed by atoms with Gasteiger partial charge in [-0.1, -0.05) is 303 Å². The molecule has 0 spiro atoms. The number of carbonyl (C=O) groups is 4. The van der Waals surface area contributed by atoms with Crippen LogP contribution in [0.4, 0.5) is 0 Å². The molecule has 3 N–H and O–H groups in total. The summed E-state index contributed by atoms with van der Waals surface area (Å²) >= 11 is 0. The highest BCUT2D eigenvalue weighted by atomic mass is 31.2. The molecule has 3 unspecified atom stereocenters. The molecule has 19 heteroatoms. The predicted octanol–water partition coefficient (Wildman–Crippen LogP) is 20.9. The Labute approximate surface area is 561 Å². The van der Waals surface area contributed by atoms with E-state index < -0.39 is 97.5 Å². The zero-order valence-corrected chi connectivity index (χ0v) is 61.0. The van der Waals surface area contributed by atoms with Gasteiger partial charge < -0.3 is 33.8 Å². The lowest BCUT2D eigenvalue weighted by Crippen LogP contribution is -2.30. The predicted molar refractivity (Wildman–Crippen MR) is 372 cm³/mol. The first-order valence-electron chi connectivity index (χ1n) is 37.5. The third-order valence-electron chi connectivity index (χ3n) is 16.8. The average molecular weight is 1350 g/mol. The molecular weight excluding hydrogens is 1210 g/mol. The normalized spacial score (nSPS) is 14.5. The van der Waals surface area contributed by atoms with Gasteiger partial charge in [0.05, 0.1) is 26.4 Å². The van der Waals surface area contributed by atoms with Crippen LogP contribution in [0.15, 0.2) is 24.3 Å². The van der Waals surface area contributed by atoms with Crippen molar-refractivity contribution in [3.8, 4) is 0 Å². The molecule has 0 aromatic heterocycles. The lowest BCUT2D eigenvalue weighted by molar-refractivity contribution is -0.161. The first kappa shape index (κ1) is 89.5. The van der Waals surface area contributed by atoms with E-state index in [2.05, 4.69) is 58.9 Å². The van der Waals surface area contributed by atoms with E-state index in [0.717, 1.165) is 109 Å². The zero-order chi connectivity index (χ0) is 67.7. The van der Waals surface area contributed by atoms with Crippen molar-refractivity contribution in [3.63, 3.8) is 0 Å². The first-order valence-corrected chi connectivity index (χ1v) is 40.5. The maximum atomic E-state index is 13.0. The molecule has 0 saturated carbocycles. The van der Waals surface area contributed by atoms with E-state index in [1.807, 2.05) is 0 Å². The highest BCUT2D eigenvalue weighted by molar-refractivity contribution is 7.47. The molecule has 0 heterocycles. The molecule has 92 heavy (non-hydrogen) atoms. The second-order valence-electron chi connectivity index (χ2n) is 25.9. The molecule has 542 valence electrons. The fourth-order valence-electron chi connectivity index (χ4n) is 10.6. The number of hydrogen-bond acceptors (Lipinski definition) is 15. The Morgan fingerprint density at radius 1 is 0.348 bits per heavy atom. The molecule has 0 rings (SSSR count). The number of phosphoric ester groups is 2. The Kier molecular flexibility index (Phi) is 64.0. The van der Waals surface area contributed by atoms with E-state index >= 15 is 0 Å². The van der Waals surface area contributed by atoms with E-state index in [1.54, 1.807) is 0 Å². The summed E-state index contributed by atoms with van der Waals surface area (Å²) in [6.45, 7) is 7.22. The topological polar surface area (TPSA) is 237 Å². The van der Waals surface area contributed by atoms with Crippen molar-refractivity contribution >= 4 is 39.5 Å². The van der Waals surface area contributed by atoms with Gasteiger partial charge >= 0.3 is 39.5 Å². The Morgan fingerprint density at radius 2 is 0.609 bits per heavy atom. The van der Waals surface area contributed by atoms with Crippen molar-refractivity contribution in [2.45, 2.75) is 374 Å². The van der Waals surface area contributed by atoms with Crippen molar-refractivity contribution in [2.24, 2.45) is 5.92 Å². The summed E-state index contributed by atoms with van der Waals surface area (Å²) in [5, 5.41) is 10.6. The largest absolute Gasteiger partial charge is 0.472 e. The Bertz CT molecular complexity index is 1870. The number of carbonyl (C=O) groups excluding carboxylic acids is 4. The third-order valence-corrected chi connectivity index (χ3v) is 18.7. The quantitative estimate of drug-likeness (QED) is 0.0169. The molecule has 0 amide bonds. The molecule has 0 radical (unpaired) electrons. The summed E-state index contributed by atoms with van der Waals surface area (Å²) in [7, 11) is -9.92. The van der Waals surface area contributed by atoms with Crippen molar-refractivity contribution in [1.82, 2.24) is 0 Å². The van der Waals surface area contributed by atoms with E-state index in [-0.39, 0.29) is 25.7 Å². The molecule has 0 aliphatic rings. The van der Waals surface area contributed by atoms with Crippen LogP contribution in [0.3, 0.4) is 0 Å². The van der Waals surface area contributed by atoms with E-state index in [1.165, 1.54) is 167 Å².